The highest BCUT2D eigenvalue weighted by atomic mass is 19.2. The Morgan fingerprint density at radius 1 is 1.36 bits per heavy atom. The molecular formula is C9H10F3NO. The normalized spacial score (nSPS) is 12.6. The highest BCUT2D eigenvalue weighted by molar-refractivity contribution is 5.45. The highest BCUT2D eigenvalue weighted by Crippen LogP contribution is 2.18. The predicted molar refractivity (Wildman–Crippen MR) is 46.5 cm³/mol. The SMILES string of the molecule is C[C@H](O)CNc1cc(F)cc(F)c1F. The second-order valence-electron chi connectivity index (χ2n) is 2.98. The molecule has 0 unspecified atom stereocenters. The van der Waals surface area contributed by atoms with Crippen molar-refractivity contribution in [2.75, 3.05) is 11.9 Å². The summed E-state index contributed by atoms with van der Waals surface area (Å²) in [5.41, 5.74) is -0.289. The Kier molecular flexibility index (Phi) is 3.35. The van der Waals surface area contributed by atoms with E-state index in [0.29, 0.717) is 6.07 Å². The fourth-order valence-corrected chi connectivity index (χ4v) is 0.942. The van der Waals surface area contributed by atoms with E-state index in [1.54, 1.807) is 0 Å². The molecule has 0 saturated heterocycles. The first-order valence-electron chi connectivity index (χ1n) is 4.07. The van der Waals surface area contributed by atoms with E-state index in [-0.39, 0.29) is 12.2 Å². The first-order valence-corrected chi connectivity index (χ1v) is 4.07. The lowest BCUT2D eigenvalue weighted by Crippen LogP contribution is -2.16. The van der Waals surface area contributed by atoms with Gasteiger partial charge >= 0.3 is 0 Å². The zero-order chi connectivity index (χ0) is 10.7. The molecule has 0 aromatic heterocycles. The van der Waals surface area contributed by atoms with E-state index in [0.717, 1.165) is 6.07 Å². The topological polar surface area (TPSA) is 32.3 Å². The van der Waals surface area contributed by atoms with Crippen LogP contribution in [0.3, 0.4) is 0 Å². The molecule has 0 aliphatic carbocycles. The van der Waals surface area contributed by atoms with Gasteiger partial charge in [0, 0.05) is 18.7 Å². The number of hydrogen-bond donors (Lipinski definition) is 2. The Hall–Kier alpha value is -1.23. The van der Waals surface area contributed by atoms with Gasteiger partial charge in [-0.15, -0.1) is 0 Å². The van der Waals surface area contributed by atoms with Gasteiger partial charge in [-0.05, 0) is 6.92 Å². The second kappa shape index (κ2) is 4.32. The largest absolute Gasteiger partial charge is 0.392 e. The van der Waals surface area contributed by atoms with Gasteiger partial charge < -0.3 is 10.4 Å². The summed E-state index contributed by atoms with van der Waals surface area (Å²) >= 11 is 0. The van der Waals surface area contributed by atoms with Gasteiger partial charge in [0.1, 0.15) is 5.82 Å². The molecule has 0 spiro atoms. The number of aliphatic hydroxyl groups excluding tert-OH is 1. The van der Waals surface area contributed by atoms with Crippen LogP contribution in [0.2, 0.25) is 0 Å². The molecule has 0 aliphatic heterocycles. The molecule has 2 nitrogen and oxygen atoms in total. The third-order valence-electron chi connectivity index (χ3n) is 1.58. The van der Waals surface area contributed by atoms with Gasteiger partial charge in [-0.2, -0.15) is 0 Å². The average molecular weight is 205 g/mol. The molecule has 5 heteroatoms. The van der Waals surface area contributed by atoms with Gasteiger partial charge in [0.15, 0.2) is 11.6 Å². The minimum absolute atomic E-state index is 0.0276. The maximum Gasteiger partial charge on any atom is 0.182 e. The van der Waals surface area contributed by atoms with Crippen LogP contribution in [-0.4, -0.2) is 17.8 Å². The number of nitrogens with one attached hydrogen (secondary N) is 1. The Balaban J connectivity index is 2.85. The standard InChI is InChI=1S/C9H10F3NO/c1-5(14)4-13-8-3-6(10)2-7(11)9(8)12/h2-3,5,13-14H,4H2,1H3/t5-/m0/s1. The molecule has 2 N–H and O–H groups in total. The molecule has 78 valence electrons. The Morgan fingerprint density at radius 2 is 2.00 bits per heavy atom. The lowest BCUT2D eigenvalue weighted by atomic mass is 10.2. The number of rotatable bonds is 3. The van der Waals surface area contributed by atoms with E-state index < -0.39 is 23.6 Å². The molecule has 0 bridgehead atoms. The molecular weight excluding hydrogens is 195 g/mol. The zero-order valence-electron chi connectivity index (χ0n) is 7.52. The smallest absolute Gasteiger partial charge is 0.182 e. The molecule has 1 aromatic rings. The summed E-state index contributed by atoms with van der Waals surface area (Å²) in [6.07, 6.45) is -0.722. The van der Waals surface area contributed by atoms with Crippen LogP contribution in [-0.2, 0) is 0 Å². The van der Waals surface area contributed by atoms with Crippen molar-refractivity contribution in [1.82, 2.24) is 0 Å². The van der Waals surface area contributed by atoms with E-state index >= 15 is 0 Å². The fourth-order valence-electron chi connectivity index (χ4n) is 0.942. The number of benzene rings is 1. The number of anilines is 1. The van der Waals surface area contributed by atoms with E-state index in [4.69, 9.17) is 5.11 Å². The molecule has 0 saturated carbocycles. The number of halogens is 3. The predicted octanol–water partition coefficient (Wildman–Crippen LogP) is 1.90. The van der Waals surface area contributed by atoms with Crippen LogP contribution in [0.5, 0.6) is 0 Å². The van der Waals surface area contributed by atoms with E-state index in [2.05, 4.69) is 5.32 Å². The summed E-state index contributed by atoms with van der Waals surface area (Å²) in [4.78, 5) is 0. The van der Waals surface area contributed by atoms with Crippen molar-refractivity contribution in [2.24, 2.45) is 0 Å². The van der Waals surface area contributed by atoms with Gasteiger partial charge in [0.25, 0.3) is 0 Å². The van der Waals surface area contributed by atoms with Crippen molar-refractivity contribution in [2.45, 2.75) is 13.0 Å². The first-order chi connectivity index (χ1) is 6.50. The van der Waals surface area contributed by atoms with Crippen LogP contribution in [0.4, 0.5) is 18.9 Å². The van der Waals surface area contributed by atoms with Crippen molar-refractivity contribution in [3.8, 4) is 0 Å². The second-order valence-corrected chi connectivity index (χ2v) is 2.98. The van der Waals surface area contributed by atoms with E-state index in [1.807, 2.05) is 0 Å². The van der Waals surface area contributed by atoms with Gasteiger partial charge in [0.05, 0.1) is 11.8 Å². The van der Waals surface area contributed by atoms with Crippen LogP contribution in [0, 0.1) is 17.5 Å². The molecule has 14 heavy (non-hydrogen) atoms. The monoisotopic (exact) mass is 205 g/mol. The van der Waals surface area contributed by atoms with E-state index in [9.17, 15) is 13.2 Å². The molecule has 1 aromatic carbocycles. The molecule has 1 atom stereocenters. The molecule has 1 rings (SSSR count). The van der Waals surface area contributed by atoms with Crippen molar-refractivity contribution < 1.29 is 18.3 Å². The van der Waals surface area contributed by atoms with Gasteiger partial charge in [-0.25, -0.2) is 13.2 Å². The van der Waals surface area contributed by atoms with Gasteiger partial charge in [0.2, 0.25) is 0 Å². The van der Waals surface area contributed by atoms with Crippen LogP contribution >= 0.6 is 0 Å². The molecule has 0 heterocycles. The van der Waals surface area contributed by atoms with Crippen molar-refractivity contribution in [1.29, 1.82) is 0 Å². The molecule has 0 radical (unpaired) electrons. The van der Waals surface area contributed by atoms with Crippen molar-refractivity contribution in [3.05, 3.63) is 29.6 Å². The minimum atomic E-state index is -1.25. The summed E-state index contributed by atoms with van der Waals surface area (Å²) in [5, 5.41) is 11.3. The lowest BCUT2D eigenvalue weighted by molar-refractivity contribution is 0.208. The van der Waals surface area contributed by atoms with Crippen LogP contribution in [0.15, 0.2) is 12.1 Å². The summed E-state index contributed by atoms with van der Waals surface area (Å²) in [5.74, 6) is -3.26. The third-order valence-corrected chi connectivity index (χ3v) is 1.58. The summed E-state index contributed by atoms with van der Waals surface area (Å²) in [6.45, 7) is 1.50. The number of aliphatic hydroxyl groups is 1. The summed E-state index contributed by atoms with van der Waals surface area (Å²) < 4.78 is 38.2. The summed E-state index contributed by atoms with van der Waals surface area (Å²) in [6, 6.07) is 1.30. The Bertz CT molecular complexity index is 328. The first kappa shape index (κ1) is 10.8. The molecule has 0 amide bonds. The zero-order valence-corrected chi connectivity index (χ0v) is 7.52. The van der Waals surface area contributed by atoms with Crippen molar-refractivity contribution >= 4 is 5.69 Å². The van der Waals surface area contributed by atoms with Crippen LogP contribution in [0.1, 0.15) is 6.92 Å². The molecule has 0 fully saturated rings. The summed E-state index contributed by atoms with van der Waals surface area (Å²) in [7, 11) is 0. The quantitative estimate of drug-likeness (QED) is 0.738. The highest BCUT2D eigenvalue weighted by Gasteiger charge is 2.10. The lowest BCUT2D eigenvalue weighted by Gasteiger charge is -2.09. The molecule has 0 aliphatic rings. The van der Waals surface area contributed by atoms with E-state index in [1.165, 1.54) is 6.92 Å². The van der Waals surface area contributed by atoms with Gasteiger partial charge in [-0.1, -0.05) is 0 Å². The maximum atomic E-state index is 12.9. The van der Waals surface area contributed by atoms with Crippen LogP contribution < -0.4 is 5.32 Å². The average Bonchev–Trinajstić information content (AvgIpc) is 2.08. The third kappa shape index (κ3) is 2.63. The number of hydrogen-bond acceptors (Lipinski definition) is 2. The fraction of sp³-hybridized carbons (Fsp3) is 0.333. The van der Waals surface area contributed by atoms with Gasteiger partial charge in [-0.3, -0.25) is 0 Å². The maximum absolute atomic E-state index is 12.9. The Labute approximate surface area is 79.4 Å². The minimum Gasteiger partial charge on any atom is -0.392 e. The van der Waals surface area contributed by atoms with Crippen LogP contribution in [0.25, 0.3) is 0 Å². The Morgan fingerprint density at radius 3 is 2.57 bits per heavy atom. The van der Waals surface area contributed by atoms with Crippen molar-refractivity contribution in [3.63, 3.8) is 0 Å².